The van der Waals surface area contributed by atoms with E-state index >= 15 is 0 Å². The molecule has 20 heteroatoms. The second-order valence-electron chi connectivity index (χ2n) is 34.3. The number of aryl methyl sites for hydroxylation is 14. The average Bonchev–Trinajstić information content (AvgIpc) is 1.70. The lowest BCUT2D eigenvalue weighted by Gasteiger charge is -2.17. The maximum Gasteiger partial charge on any atom is 0.224 e. The van der Waals surface area contributed by atoms with Gasteiger partial charge in [-0.2, -0.15) is 0 Å². The van der Waals surface area contributed by atoms with Gasteiger partial charge in [-0.25, -0.2) is 0 Å². The number of benzene rings is 12. The van der Waals surface area contributed by atoms with Crippen LogP contribution in [0.5, 0.6) is 40.2 Å². The van der Waals surface area contributed by atoms with Crippen molar-refractivity contribution >= 4 is 69.6 Å². The van der Waals surface area contributed by atoms with Crippen molar-refractivity contribution in [3.63, 3.8) is 0 Å². The van der Waals surface area contributed by atoms with Crippen molar-refractivity contribution in [2.24, 2.45) is 0 Å². The molecule has 137 heavy (non-hydrogen) atoms. The van der Waals surface area contributed by atoms with Crippen LogP contribution in [0.4, 0.5) is 34.1 Å². The van der Waals surface area contributed by atoms with Crippen molar-refractivity contribution < 1.29 is 67.0 Å². The minimum absolute atomic E-state index is 0.0111. The molecule has 0 bridgehead atoms. The topological polar surface area (TPSA) is 259 Å². The van der Waals surface area contributed by atoms with E-state index in [0.717, 1.165) is 153 Å². The van der Waals surface area contributed by atoms with Crippen LogP contribution in [-0.2, 0) is 81.4 Å². The molecule has 0 spiro atoms. The standard InChI is InChI=1S/C21H25NO2.C20H25NO3.C19H23NO3.3C19H23NO2/c1-4-21(23)22-19-7-5-6-17(16-9-10-16)18(19)13-24-20-11-8-14(2)12-15(20)3;1-5-20(22)21-17-8-7-9-19(23-6-2)16(17)13-24-18-11-10-14(3)12-15(18)4;1-4-19(22)20-17-7-5-6-15(11-21)16(17)12-23-18-9-8-13(2)10-14(18)3;2*1-5-19(21)20-17-8-6-7-14(3)16(17)12-22-18-10-9-13(2)11-15(18)4;1-4-15-12-14(3)10-11-18(15)22-13-16-8-6-7-9-17(16)20-19(21)5-2/h5-8,11-12,16H,4,9-10,13H2,1-3H3,(H,22,23);7-12H,5-6,13H2,1-4H3,(H,21,22);5-10,21H,4,11-12H2,1-3H3,(H,20,22);2*6-11H,5,12H2,1-4H3,(H,20,21);6-12H,4-5,13H2,1-3H3,(H,20,21). The van der Waals surface area contributed by atoms with Crippen molar-refractivity contribution in [2.45, 2.75) is 255 Å². The van der Waals surface area contributed by atoms with Crippen LogP contribution in [0.15, 0.2) is 224 Å². The van der Waals surface area contributed by atoms with Crippen LogP contribution in [0, 0.1) is 90.0 Å². The van der Waals surface area contributed by atoms with Crippen molar-refractivity contribution in [2.75, 3.05) is 38.5 Å². The van der Waals surface area contributed by atoms with Gasteiger partial charge in [-0.15, -0.1) is 0 Å². The predicted octanol–water partition coefficient (Wildman–Crippen LogP) is 27.0. The van der Waals surface area contributed by atoms with Crippen molar-refractivity contribution in [1.82, 2.24) is 0 Å². The van der Waals surface area contributed by atoms with Gasteiger partial charge in [-0.05, 0) is 257 Å². The van der Waals surface area contributed by atoms with Gasteiger partial charge in [0, 0.05) is 94.8 Å². The molecule has 1 aliphatic carbocycles. The maximum atomic E-state index is 11.8. The Bertz CT molecular complexity index is 5910. The fraction of sp³-hybridized carbons (Fsp3) is 0.333. The number of carbonyl (C=O) groups excluding carboxylic acids is 6. The van der Waals surface area contributed by atoms with E-state index in [4.69, 9.17) is 33.2 Å². The summed E-state index contributed by atoms with van der Waals surface area (Å²) in [6.07, 6.45) is 6.08. The number of rotatable bonds is 35. The third-order valence-electron chi connectivity index (χ3n) is 23.0. The Labute approximate surface area is 812 Å². The molecule has 20 nitrogen and oxygen atoms in total. The number of aliphatic hydroxyl groups is 1. The smallest absolute Gasteiger partial charge is 0.224 e. The summed E-state index contributed by atoms with van der Waals surface area (Å²) >= 11 is 0. The minimum atomic E-state index is -0.0958. The number of aliphatic hydroxyl groups excluding tert-OH is 1. The van der Waals surface area contributed by atoms with Gasteiger partial charge < -0.3 is 70.2 Å². The Balaban J connectivity index is 0.000000202. The van der Waals surface area contributed by atoms with E-state index in [1.165, 1.54) is 57.3 Å². The molecule has 0 heterocycles. The van der Waals surface area contributed by atoms with Crippen LogP contribution < -0.4 is 65.1 Å². The molecule has 0 radical (unpaired) electrons. The Morgan fingerprint density at radius 1 is 0.255 bits per heavy atom. The van der Waals surface area contributed by atoms with E-state index in [1.807, 2.05) is 260 Å². The van der Waals surface area contributed by atoms with Gasteiger partial charge in [0.1, 0.15) is 79.9 Å². The zero-order valence-corrected chi connectivity index (χ0v) is 84.2. The quantitative estimate of drug-likeness (QED) is 0.0195. The fourth-order valence-corrected chi connectivity index (χ4v) is 14.9. The summed E-state index contributed by atoms with van der Waals surface area (Å²) in [5.41, 5.74) is 28.9. The molecule has 13 rings (SSSR count). The number of para-hydroxylation sites is 1. The highest BCUT2D eigenvalue weighted by Crippen LogP contribution is 2.44. The highest BCUT2D eigenvalue weighted by molar-refractivity contribution is 5.95. The van der Waals surface area contributed by atoms with Crippen LogP contribution in [-0.4, -0.2) is 47.2 Å². The number of anilines is 6. The van der Waals surface area contributed by atoms with Crippen molar-refractivity contribution in [3.8, 4) is 40.2 Å². The van der Waals surface area contributed by atoms with E-state index in [9.17, 15) is 33.9 Å². The zero-order chi connectivity index (χ0) is 99.6. The average molecular weight is 1860 g/mol. The lowest BCUT2D eigenvalue weighted by atomic mass is 10.0. The third-order valence-corrected chi connectivity index (χ3v) is 23.0. The largest absolute Gasteiger partial charge is 0.493 e. The predicted molar refractivity (Wildman–Crippen MR) is 557 cm³/mol. The molecule has 0 unspecified atom stereocenters. The molecule has 0 aromatic heterocycles. The van der Waals surface area contributed by atoms with E-state index in [-0.39, 0.29) is 42.0 Å². The van der Waals surface area contributed by atoms with Gasteiger partial charge in [0.2, 0.25) is 35.4 Å². The first kappa shape index (κ1) is 108. The molecule has 0 aliphatic heterocycles. The molecular formula is C117H142N6O14. The second-order valence-corrected chi connectivity index (χ2v) is 34.3. The molecule has 7 N–H and O–H groups in total. The number of hydrogen-bond acceptors (Lipinski definition) is 14. The number of ether oxygens (including phenoxy) is 7. The summed E-state index contributed by atoms with van der Waals surface area (Å²) < 4.78 is 41.6. The zero-order valence-electron chi connectivity index (χ0n) is 84.2. The molecule has 1 fully saturated rings. The van der Waals surface area contributed by atoms with Crippen LogP contribution in [0.2, 0.25) is 0 Å². The molecule has 1 saturated carbocycles. The van der Waals surface area contributed by atoms with Crippen LogP contribution in [0.3, 0.4) is 0 Å². The maximum absolute atomic E-state index is 11.8. The Morgan fingerprint density at radius 2 is 0.540 bits per heavy atom. The Kier molecular flexibility index (Phi) is 44.1. The number of hydrogen-bond donors (Lipinski definition) is 7. The van der Waals surface area contributed by atoms with Gasteiger partial charge >= 0.3 is 0 Å². The SMILES string of the molecule is CCC(=O)Nc1cccc(C)c1COc1ccc(C)cc1C.CCC(=O)Nc1cccc(C)c1COc1ccc(C)cc1C.CCC(=O)Nc1cccc(C2CC2)c1COc1ccc(C)cc1C.CCC(=O)Nc1cccc(CO)c1COc1ccc(C)cc1C.CCC(=O)Nc1ccccc1COc1ccc(C)cc1CC.CCOc1cccc(NC(=O)CC)c1COc1ccc(C)cc1C. The molecule has 12 aromatic carbocycles. The third kappa shape index (κ3) is 34.7. The number of amides is 6. The molecule has 0 saturated heterocycles. The first-order valence-electron chi connectivity index (χ1n) is 47.7. The fourth-order valence-electron chi connectivity index (χ4n) is 14.9. The molecule has 6 amide bonds. The molecule has 12 aromatic rings. The van der Waals surface area contributed by atoms with Crippen LogP contribution in [0.1, 0.15) is 235 Å². The minimum Gasteiger partial charge on any atom is -0.493 e. The normalized spacial score (nSPS) is 10.9. The van der Waals surface area contributed by atoms with Crippen molar-refractivity contribution in [3.05, 3.63) is 347 Å². The summed E-state index contributed by atoms with van der Waals surface area (Å²) in [7, 11) is 0. The van der Waals surface area contributed by atoms with E-state index in [2.05, 4.69) is 135 Å². The molecule has 1 aliphatic rings. The molecule has 0 atom stereocenters. The van der Waals surface area contributed by atoms with Gasteiger partial charge in [-0.3, -0.25) is 28.8 Å². The number of nitrogens with one attached hydrogen (secondary N) is 6. The van der Waals surface area contributed by atoms with E-state index < -0.39 is 0 Å². The van der Waals surface area contributed by atoms with Crippen LogP contribution >= 0.6 is 0 Å². The first-order chi connectivity index (χ1) is 65.8. The summed E-state index contributed by atoms with van der Waals surface area (Å²) in [5.74, 6) is 6.52. The van der Waals surface area contributed by atoms with Gasteiger partial charge in [-0.1, -0.05) is 227 Å². The van der Waals surface area contributed by atoms with E-state index in [1.54, 1.807) is 6.92 Å². The lowest BCUT2D eigenvalue weighted by Crippen LogP contribution is -2.13. The number of carbonyl (C=O) groups is 6. The first-order valence-corrected chi connectivity index (χ1v) is 47.7. The summed E-state index contributed by atoms with van der Waals surface area (Å²) in [4.78, 5) is 70.2. The lowest BCUT2D eigenvalue weighted by molar-refractivity contribution is -0.116. The van der Waals surface area contributed by atoms with Crippen LogP contribution in [0.25, 0.3) is 0 Å². The molecule has 724 valence electrons. The molecular weight excluding hydrogens is 1710 g/mol. The second kappa shape index (κ2) is 55.8. The van der Waals surface area contributed by atoms with Gasteiger partial charge in [0.25, 0.3) is 0 Å². The summed E-state index contributed by atoms with van der Waals surface area (Å²) in [6.45, 7) is 44.6. The van der Waals surface area contributed by atoms with Gasteiger partial charge in [0.05, 0.1) is 24.5 Å². The highest BCUT2D eigenvalue weighted by atomic mass is 16.5. The summed E-state index contributed by atoms with van der Waals surface area (Å²) in [5, 5.41) is 27.2. The summed E-state index contributed by atoms with van der Waals surface area (Å²) in [6, 6.07) is 73.6. The highest BCUT2D eigenvalue weighted by Gasteiger charge is 2.28. The Hall–Kier alpha value is -14.0. The van der Waals surface area contributed by atoms with E-state index in [0.29, 0.717) is 96.4 Å². The van der Waals surface area contributed by atoms with Gasteiger partial charge in [0.15, 0.2) is 0 Å². The van der Waals surface area contributed by atoms with Crippen molar-refractivity contribution in [1.29, 1.82) is 0 Å². The Morgan fingerprint density at radius 3 is 0.898 bits per heavy atom. The monoisotopic (exact) mass is 1860 g/mol.